The summed E-state index contributed by atoms with van der Waals surface area (Å²) in [7, 11) is 0. The number of hydrogen-bond donors (Lipinski definition) is 1. The van der Waals surface area contributed by atoms with E-state index in [1.54, 1.807) is 0 Å². The summed E-state index contributed by atoms with van der Waals surface area (Å²) in [4.78, 5) is 0. The van der Waals surface area contributed by atoms with Gasteiger partial charge in [0.1, 0.15) is 0 Å². The van der Waals surface area contributed by atoms with Gasteiger partial charge in [-0.2, -0.15) is 0 Å². The topological polar surface area (TPSA) is 26.0 Å². The van der Waals surface area contributed by atoms with Crippen LogP contribution in [0.25, 0.3) is 66.4 Å². The Morgan fingerprint density at radius 1 is 0.333 bits per heavy atom. The Kier molecular flexibility index (Phi) is 6.91. The molecular formula is C40H28BrN. The van der Waals surface area contributed by atoms with Crippen LogP contribution in [0.5, 0.6) is 0 Å². The van der Waals surface area contributed by atoms with Crippen LogP contribution >= 0.6 is 15.9 Å². The zero-order valence-corrected chi connectivity index (χ0v) is 24.6. The fourth-order valence-corrected chi connectivity index (χ4v) is 6.19. The number of hydrogen-bond acceptors (Lipinski definition) is 1. The molecule has 7 aromatic carbocycles. The first-order valence-corrected chi connectivity index (χ1v) is 14.9. The monoisotopic (exact) mass is 601 g/mol. The maximum Gasteiger partial charge on any atom is 0.0314 e. The molecular weight excluding hydrogens is 574 g/mol. The molecule has 0 radical (unpaired) electrons. The SMILES string of the molecule is Nc1ccc(-c2cc(-c3ccccc3-c3cc(-c4ccc5ccccc5c4)ccc3Br)ccc2-c2ccccc2)cc1. The van der Waals surface area contributed by atoms with Crippen molar-refractivity contribution in [1.29, 1.82) is 0 Å². The predicted molar refractivity (Wildman–Crippen MR) is 183 cm³/mol. The Balaban J connectivity index is 1.37. The van der Waals surface area contributed by atoms with E-state index < -0.39 is 0 Å². The molecule has 42 heavy (non-hydrogen) atoms. The van der Waals surface area contributed by atoms with Gasteiger partial charge in [0.15, 0.2) is 0 Å². The summed E-state index contributed by atoms with van der Waals surface area (Å²) in [5, 5.41) is 2.49. The molecule has 7 aromatic rings. The maximum absolute atomic E-state index is 6.05. The average Bonchev–Trinajstić information content (AvgIpc) is 3.05. The molecule has 0 spiro atoms. The van der Waals surface area contributed by atoms with Crippen molar-refractivity contribution in [1.82, 2.24) is 0 Å². The molecule has 0 aromatic heterocycles. The Bertz CT molecular complexity index is 2040. The van der Waals surface area contributed by atoms with Gasteiger partial charge in [0.05, 0.1) is 0 Å². The van der Waals surface area contributed by atoms with Gasteiger partial charge in [-0.3, -0.25) is 0 Å². The summed E-state index contributed by atoms with van der Waals surface area (Å²) in [6.45, 7) is 0. The molecule has 200 valence electrons. The lowest BCUT2D eigenvalue weighted by Crippen LogP contribution is -1.91. The second kappa shape index (κ2) is 11.2. The van der Waals surface area contributed by atoms with Crippen LogP contribution < -0.4 is 5.73 Å². The quantitative estimate of drug-likeness (QED) is 0.195. The highest BCUT2D eigenvalue weighted by Crippen LogP contribution is 2.41. The van der Waals surface area contributed by atoms with E-state index in [0.29, 0.717) is 0 Å². The van der Waals surface area contributed by atoms with Gasteiger partial charge in [0.25, 0.3) is 0 Å². The van der Waals surface area contributed by atoms with Crippen LogP contribution in [0.3, 0.4) is 0 Å². The minimum absolute atomic E-state index is 0.762. The van der Waals surface area contributed by atoms with E-state index in [0.717, 1.165) is 21.3 Å². The number of nitrogen functional groups attached to an aromatic ring is 1. The molecule has 0 bridgehead atoms. The normalized spacial score (nSPS) is 11.1. The maximum atomic E-state index is 6.05. The molecule has 1 nitrogen and oxygen atoms in total. The molecule has 7 rings (SSSR count). The zero-order chi connectivity index (χ0) is 28.5. The number of halogens is 1. The predicted octanol–water partition coefficient (Wildman–Crippen LogP) is 11.5. The van der Waals surface area contributed by atoms with Crippen molar-refractivity contribution in [2.75, 3.05) is 5.73 Å². The Morgan fingerprint density at radius 2 is 0.881 bits per heavy atom. The molecule has 0 aliphatic heterocycles. The second-order valence-corrected chi connectivity index (χ2v) is 11.4. The second-order valence-electron chi connectivity index (χ2n) is 10.6. The summed E-state index contributed by atoms with van der Waals surface area (Å²) < 4.78 is 1.07. The summed E-state index contributed by atoms with van der Waals surface area (Å²) in [6.07, 6.45) is 0. The summed E-state index contributed by atoms with van der Waals surface area (Å²) in [5.74, 6) is 0. The van der Waals surface area contributed by atoms with E-state index in [4.69, 9.17) is 5.73 Å². The Morgan fingerprint density at radius 3 is 1.69 bits per heavy atom. The summed E-state index contributed by atoms with van der Waals surface area (Å²) in [5.41, 5.74) is 18.6. The number of rotatable bonds is 5. The van der Waals surface area contributed by atoms with Gasteiger partial charge < -0.3 is 5.73 Å². The van der Waals surface area contributed by atoms with Gasteiger partial charge in [0, 0.05) is 10.2 Å². The molecule has 0 unspecified atom stereocenters. The molecule has 0 aliphatic carbocycles. The smallest absolute Gasteiger partial charge is 0.0314 e. The molecule has 0 heterocycles. The van der Waals surface area contributed by atoms with Crippen molar-refractivity contribution in [2.45, 2.75) is 0 Å². The van der Waals surface area contributed by atoms with E-state index in [1.807, 2.05) is 12.1 Å². The molecule has 2 heteroatoms. The van der Waals surface area contributed by atoms with Gasteiger partial charge in [-0.15, -0.1) is 0 Å². The third kappa shape index (κ3) is 5.02. The van der Waals surface area contributed by atoms with Gasteiger partial charge in [0.2, 0.25) is 0 Å². The molecule has 0 amide bonds. The largest absolute Gasteiger partial charge is 0.399 e. The van der Waals surface area contributed by atoms with E-state index in [-0.39, 0.29) is 0 Å². The van der Waals surface area contributed by atoms with Gasteiger partial charge in [-0.05, 0) is 103 Å². The number of fused-ring (bicyclic) bond motifs is 1. The Labute approximate surface area is 255 Å². The van der Waals surface area contributed by atoms with Crippen LogP contribution in [0.4, 0.5) is 5.69 Å². The van der Waals surface area contributed by atoms with Gasteiger partial charge in [-0.1, -0.05) is 137 Å². The lowest BCUT2D eigenvalue weighted by atomic mass is 9.88. The third-order valence-corrected chi connectivity index (χ3v) is 8.59. The molecule has 2 N–H and O–H groups in total. The minimum Gasteiger partial charge on any atom is -0.399 e. The van der Waals surface area contributed by atoms with Crippen molar-refractivity contribution in [3.05, 3.63) is 162 Å². The van der Waals surface area contributed by atoms with Gasteiger partial charge >= 0.3 is 0 Å². The van der Waals surface area contributed by atoms with Crippen LogP contribution in [0.15, 0.2) is 162 Å². The highest BCUT2D eigenvalue weighted by molar-refractivity contribution is 9.10. The average molecular weight is 603 g/mol. The van der Waals surface area contributed by atoms with Crippen molar-refractivity contribution in [3.63, 3.8) is 0 Å². The fraction of sp³-hybridized carbons (Fsp3) is 0. The number of nitrogens with two attached hydrogens (primary N) is 1. The first-order chi connectivity index (χ1) is 20.6. The highest BCUT2D eigenvalue weighted by atomic mass is 79.9. The zero-order valence-electron chi connectivity index (χ0n) is 23.0. The van der Waals surface area contributed by atoms with E-state index in [1.165, 1.54) is 55.3 Å². The van der Waals surface area contributed by atoms with Crippen molar-refractivity contribution >= 4 is 32.4 Å². The summed E-state index contributed by atoms with van der Waals surface area (Å²) in [6, 6.07) is 56.0. The van der Waals surface area contributed by atoms with Gasteiger partial charge in [-0.25, -0.2) is 0 Å². The molecule has 0 fully saturated rings. The first-order valence-electron chi connectivity index (χ1n) is 14.1. The number of benzene rings is 7. The van der Waals surface area contributed by atoms with Crippen LogP contribution in [-0.4, -0.2) is 0 Å². The lowest BCUT2D eigenvalue weighted by Gasteiger charge is -2.17. The minimum atomic E-state index is 0.762. The van der Waals surface area contributed by atoms with Crippen molar-refractivity contribution in [3.8, 4) is 55.6 Å². The molecule has 0 aliphatic rings. The van der Waals surface area contributed by atoms with E-state index >= 15 is 0 Å². The fourth-order valence-electron chi connectivity index (χ4n) is 5.73. The standard InChI is InChI=1S/C40H28BrN/c41-40-23-19-32(31-15-14-27-8-4-5-11-30(27)24-31)25-39(40)37-13-7-6-12-35(37)33-18-22-36(28-9-2-1-3-10-28)38(26-33)29-16-20-34(42)21-17-29/h1-26H,42H2. The van der Waals surface area contributed by atoms with Crippen molar-refractivity contribution < 1.29 is 0 Å². The number of anilines is 1. The first kappa shape index (κ1) is 26.0. The van der Waals surface area contributed by atoms with Crippen LogP contribution in [0.2, 0.25) is 0 Å². The van der Waals surface area contributed by atoms with Crippen molar-refractivity contribution in [2.24, 2.45) is 0 Å². The van der Waals surface area contributed by atoms with E-state index in [2.05, 4.69) is 162 Å². The third-order valence-electron chi connectivity index (χ3n) is 7.90. The van der Waals surface area contributed by atoms with E-state index in [9.17, 15) is 0 Å². The Hall–Kier alpha value is -4.92. The van der Waals surface area contributed by atoms with Crippen LogP contribution in [0.1, 0.15) is 0 Å². The molecule has 0 atom stereocenters. The van der Waals surface area contributed by atoms with Crippen LogP contribution in [0, 0.1) is 0 Å². The highest BCUT2D eigenvalue weighted by Gasteiger charge is 2.15. The van der Waals surface area contributed by atoms with Crippen LogP contribution in [-0.2, 0) is 0 Å². The lowest BCUT2D eigenvalue weighted by molar-refractivity contribution is 1.54. The molecule has 0 saturated heterocycles. The summed E-state index contributed by atoms with van der Waals surface area (Å²) >= 11 is 3.87. The molecule has 0 saturated carbocycles.